The molecule has 0 spiro atoms. The van der Waals surface area contributed by atoms with Crippen LogP contribution in [0.15, 0.2) is 168 Å². The topological polar surface area (TPSA) is 51.8 Å². The quantitative estimate of drug-likeness (QED) is 0.185. The largest absolute Gasteiger partial charge is 0.456 e. The molecule has 242 valence electrons. The number of rotatable bonds is 4. The minimum Gasteiger partial charge on any atom is -0.456 e. The van der Waals surface area contributed by atoms with Gasteiger partial charge in [-0.1, -0.05) is 121 Å². The van der Waals surface area contributed by atoms with E-state index in [-0.39, 0.29) is 0 Å². The van der Waals surface area contributed by atoms with Crippen LogP contribution < -0.4 is 0 Å². The van der Waals surface area contributed by atoms with Crippen LogP contribution >= 0.6 is 11.3 Å². The van der Waals surface area contributed by atoms with E-state index >= 15 is 0 Å². The monoisotopic (exact) mass is 681 g/mol. The fraction of sp³-hybridized carbons (Fsp3) is 0. The van der Waals surface area contributed by atoms with Crippen molar-refractivity contribution >= 4 is 75.0 Å². The Labute approximate surface area is 302 Å². The highest BCUT2D eigenvalue weighted by Gasteiger charge is 2.21. The van der Waals surface area contributed by atoms with Crippen LogP contribution in [0.3, 0.4) is 0 Å². The summed E-state index contributed by atoms with van der Waals surface area (Å²) in [4.78, 5) is 15.6. The van der Waals surface area contributed by atoms with Crippen molar-refractivity contribution < 1.29 is 4.42 Å². The maximum atomic E-state index is 6.71. The van der Waals surface area contributed by atoms with Crippen LogP contribution in [-0.2, 0) is 0 Å². The fourth-order valence-corrected chi connectivity index (χ4v) is 8.66. The van der Waals surface area contributed by atoms with E-state index in [1.54, 1.807) is 11.3 Å². The molecule has 0 radical (unpaired) electrons. The van der Waals surface area contributed by atoms with Gasteiger partial charge in [0.05, 0.1) is 0 Å². The highest BCUT2D eigenvalue weighted by atomic mass is 32.1. The lowest BCUT2D eigenvalue weighted by molar-refractivity contribution is 0.669. The van der Waals surface area contributed by atoms with E-state index in [4.69, 9.17) is 19.4 Å². The van der Waals surface area contributed by atoms with Crippen molar-refractivity contribution in [2.24, 2.45) is 0 Å². The number of fused-ring (bicyclic) bond motifs is 8. The fourth-order valence-electron chi connectivity index (χ4n) is 7.51. The van der Waals surface area contributed by atoms with E-state index in [9.17, 15) is 0 Å². The van der Waals surface area contributed by atoms with Crippen LogP contribution in [0.1, 0.15) is 0 Å². The number of aromatic nitrogens is 3. The summed E-state index contributed by atoms with van der Waals surface area (Å²) < 4.78 is 9.18. The molecule has 5 heteroatoms. The van der Waals surface area contributed by atoms with Crippen LogP contribution in [0.25, 0.3) is 109 Å². The van der Waals surface area contributed by atoms with Gasteiger partial charge in [0.15, 0.2) is 17.5 Å². The van der Waals surface area contributed by atoms with Crippen molar-refractivity contribution in [2.75, 3.05) is 0 Å². The zero-order valence-corrected chi connectivity index (χ0v) is 28.6. The minimum absolute atomic E-state index is 0.601. The SMILES string of the molecule is c1ccc(-c2nc(-c3ccc4c(c3)sc3ccccc34)nc(-c3cc(-c4ccc5ccccc5c4)cc4oc5cc6ccccc6cc5c34)n2)cc1. The molecule has 4 nitrogen and oxygen atoms in total. The molecular weight excluding hydrogens is 655 g/mol. The first-order valence-corrected chi connectivity index (χ1v) is 18.2. The second kappa shape index (κ2) is 11.4. The summed E-state index contributed by atoms with van der Waals surface area (Å²) in [6.45, 7) is 0. The zero-order chi connectivity index (χ0) is 34.2. The molecule has 0 saturated heterocycles. The third kappa shape index (κ3) is 4.71. The molecule has 11 rings (SSSR count). The number of benzene rings is 8. The van der Waals surface area contributed by atoms with Crippen LogP contribution in [0.5, 0.6) is 0 Å². The average molecular weight is 682 g/mol. The Morgan fingerprint density at radius 3 is 1.87 bits per heavy atom. The smallest absolute Gasteiger partial charge is 0.164 e. The van der Waals surface area contributed by atoms with Gasteiger partial charge in [-0.3, -0.25) is 0 Å². The molecule has 0 N–H and O–H groups in total. The van der Waals surface area contributed by atoms with E-state index < -0.39 is 0 Å². The first-order chi connectivity index (χ1) is 25.7. The average Bonchev–Trinajstić information content (AvgIpc) is 3.76. The van der Waals surface area contributed by atoms with Gasteiger partial charge in [0.25, 0.3) is 0 Å². The predicted molar refractivity (Wildman–Crippen MR) is 217 cm³/mol. The Morgan fingerprint density at radius 1 is 0.365 bits per heavy atom. The molecule has 8 aromatic carbocycles. The van der Waals surface area contributed by atoms with Crippen molar-refractivity contribution in [3.05, 3.63) is 164 Å². The summed E-state index contributed by atoms with van der Waals surface area (Å²) in [5.41, 5.74) is 6.54. The Balaban J connectivity index is 1.20. The van der Waals surface area contributed by atoms with Crippen LogP contribution in [0, 0.1) is 0 Å². The molecule has 0 fully saturated rings. The van der Waals surface area contributed by atoms with Gasteiger partial charge in [0.1, 0.15) is 11.2 Å². The van der Waals surface area contributed by atoms with Gasteiger partial charge in [0, 0.05) is 47.6 Å². The van der Waals surface area contributed by atoms with Crippen LogP contribution in [0.2, 0.25) is 0 Å². The molecule has 0 unspecified atom stereocenters. The van der Waals surface area contributed by atoms with E-state index in [0.29, 0.717) is 17.5 Å². The van der Waals surface area contributed by atoms with Gasteiger partial charge in [-0.05, 0) is 75.1 Å². The van der Waals surface area contributed by atoms with E-state index in [2.05, 4.69) is 146 Å². The lowest BCUT2D eigenvalue weighted by Gasteiger charge is -2.11. The van der Waals surface area contributed by atoms with Gasteiger partial charge < -0.3 is 4.42 Å². The second-order valence-electron chi connectivity index (χ2n) is 13.2. The minimum atomic E-state index is 0.601. The molecule has 52 heavy (non-hydrogen) atoms. The molecule has 3 heterocycles. The van der Waals surface area contributed by atoms with Crippen molar-refractivity contribution in [1.29, 1.82) is 0 Å². The first-order valence-electron chi connectivity index (χ1n) is 17.3. The van der Waals surface area contributed by atoms with E-state index in [1.807, 2.05) is 18.2 Å². The highest BCUT2D eigenvalue weighted by Crippen LogP contribution is 2.42. The summed E-state index contributed by atoms with van der Waals surface area (Å²) >= 11 is 1.79. The lowest BCUT2D eigenvalue weighted by Crippen LogP contribution is -2.00. The van der Waals surface area contributed by atoms with Crippen LogP contribution in [-0.4, -0.2) is 15.0 Å². The summed E-state index contributed by atoms with van der Waals surface area (Å²) in [6.07, 6.45) is 0. The zero-order valence-electron chi connectivity index (χ0n) is 27.7. The van der Waals surface area contributed by atoms with Crippen molar-refractivity contribution in [3.63, 3.8) is 0 Å². The third-order valence-electron chi connectivity index (χ3n) is 10.1. The predicted octanol–water partition coefficient (Wildman–Crippen LogP) is 13.1. The number of hydrogen-bond acceptors (Lipinski definition) is 5. The molecule has 0 atom stereocenters. The molecule has 0 aliphatic carbocycles. The standard InChI is InChI=1S/C47H27N3OS/c1-2-11-29(12-3-1)45-48-46(34-20-21-37-36-16-8-9-17-42(36)52-43(37)27-34)50-47(49-45)39-24-35(33-19-18-28-10-4-5-13-30(28)22-33)26-41-44(39)38-23-31-14-6-7-15-32(31)25-40(38)51-41/h1-27H. The van der Waals surface area contributed by atoms with Crippen LogP contribution in [0.4, 0.5) is 0 Å². The maximum absolute atomic E-state index is 6.71. The molecule has 0 saturated carbocycles. The lowest BCUT2D eigenvalue weighted by atomic mass is 9.96. The molecule has 0 bridgehead atoms. The molecule has 3 aromatic heterocycles. The summed E-state index contributed by atoms with van der Waals surface area (Å²) in [6, 6.07) is 57.5. The van der Waals surface area contributed by atoms with Gasteiger partial charge in [-0.15, -0.1) is 11.3 Å². The molecular formula is C47H27N3OS. The Morgan fingerprint density at radius 2 is 1.02 bits per heavy atom. The summed E-state index contributed by atoms with van der Waals surface area (Å²) in [5.74, 6) is 1.86. The first kappa shape index (κ1) is 29.1. The van der Waals surface area contributed by atoms with Gasteiger partial charge in [-0.25, -0.2) is 15.0 Å². The van der Waals surface area contributed by atoms with Gasteiger partial charge in [0.2, 0.25) is 0 Å². The number of thiophene rings is 1. The molecule has 0 aliphatic rings. The number of furan rings is 1. The Kier molecular flexibility index (Phi) is 6.39. The maximum Gasteiger partial charge on any atom is 0.164 e. The van der Waals surface area contributed by atoms with Crippen molar-refractivity contribution in [3.8, 4) is 45.3 Å². The molecule has 0 aliphatic heterocycles. The number of hydrogen-bond donors (Lipinski definition) is 0. The molecule has 11 aromatic rings. The van der Waals surface area contributed by atoms with Crippen molar-refractivity contribution in [2.45, 2.75) is 0 Å². The molecule has 0 amide bonds. The Bertz CT molecular complexity index is 3200. The highest BCUT2D eigenvalue weighted by molar-refractivity contribution is 7.25. The van der Waals surface area contributed by atoms with Gasteiger partial charge in [-0.2, -0.15) is 0 Å². The van der Waals surface area contributed by atoms with Crippen molar-refractivity contribution in [1.82, 2.24) is 15.0 Å². The summed E-state index contributed by atoms with van der Waals surface area (Å²) in [7, 11) is 0. The normalized spacial score (nSPS) is 11.8. The third-order valence-corrected chi connectivity index (χ3v) is 11.2. The van der Waals surface area contributed by atoms with E-state index in [1.165, 1.54) is 30.9 Å². The second-order valence-corrected chi connectivity index (χ2v) is 14.3. The number of nitrogens with zero attached hydrogens (tertiary/aromatic N) is 3. The van der Waals surface area contributed by atoms with E-state index in [0.717, 1.165) is 60.5 Å². The summed E-state index contributed by atoms with van der Waals surface area (Å²) in [5, 5.41) is 9.20. The van der Waals surface area contributed by atoms with Gasteiger partial charge >= 0.3 is 0 Å². The Hall–Kier alpha value is -6.69.